The molecule has 20 heavy (non-hydrogen) atoms. The molecule has 5 nitrogen and oxygen atoms in total. The number of amides is 1. The first-order valence-electron chi connectivity index (χ1n) is 6.54. The van der Waals surface area contributed by atoms with Gasteiger partial charge in [-0.2, -0.15) is 0 Å². The molecular weight excluding hydrogens is 263 g/mol. The first-order valence-corrected chi connectivity index (χ1v) is 6.54. The maximum absolute atomic E-state index is 13.0. The van der Waals surface area contributed by atoms with Crippen molar-refractivity contribution in [2.75, 3.05) is 33.4 Å². The second kappa shape index (κ2) is 6.67. The first kappa shape index (κ1) is 14.7. The number of ether oxygens (including phenoxy) is 2. The number of nitrogens with zero attached hydrogens (tertiary/aromatic N) is 1. The van der Waals surface area contributed by atoms with Crippen molar-refractivity contribution in [1.82, 2.24) is 4.90 Å². The molecule has 2 unspecified atom stereocenters. The van der Waals surface area contributed by atoms with E-state index >= 15 is 0 Å². The molecule has 1 aliphatic heterocycles. The molecular formula is C14H19FN2O3. The number of benzene rings is 1. The van der Waals surface area contributed by atoms with E-state index in [1.165, 1.54) is 12.1 Å². The number of carbonyl (C=O) groups is 1. The molecule has 0 aromatic heterocycles. The van der Waals surface area contributed by atoms with Crippen LogP contribution < -0.4 is 10.5 Å². The minimum absolute atomic E-state index is 0.0437. The van der Waals surface area contributed by atoms with Gasteiger partial charge in [0.1, 0.15) is 18.2 Å². The van der Waals surface area contributed by atoms with E-state index in [0.717, 1.165) is 0 Å². The third-order valence-electron chi connectivity index (χ3n) is 3.31. The Morgan fingerprint density at radius 1 is 1.55 bits per heavy atom. The van der Waals surface area contributed by atoms with Gasteiger partial charge in [-0.1, -0.05) is 6.07 Å². The normalized spacial score (nSPS) is 21.8. The Morgan fingerprint density at radius 3 is 3.00 bits per heavy atom. The summed E-state index contributed by atoms with van der Waals surface area (Å²) >= 11 is 0. The largest absolute Gasteiger partial charge is 0.492 e. The summed E-state index contributed by atoms with van der Waals surface area (Å²) in [5, 5.41) is 0. The Hall–Kier alpha value is -1.66. The number of nitrogens with two attached hydrogens (primary N) is 1. The first-order chi connectivity index (χ1) is 9.58. The van der Waals surface area contributed by atoms with Gasteiger partial charge in [0.25, 0.3) is 0 Å². The average molecular weight is 282 g/mol. The number of rotatable bonds is 5. The van der Waals surface area contributed by atoms with Crippen LogP contribution in [0.15, 0.2) is 24.3 Å². The van der Waals surface area contributed by atoms with Gasteiger partial charge >= 0.3 is 0 Å². The molecule has 1 fully saturated rings. The maximum Gasteiger partial charge on any atom is 0.229 e. The van der Waals surface area contributed by atoms with Gasteiger partial charge in [0.05, 0.1) is 25.7 Å². The predicted octanol–water partition coefficient (Wildman–Crippen LogP) is 0.637. The number of carbonyl (C=O) groups excluding carboxylic acids is 1. The molecule has 0 bridgehead atoms. The summed E-state index contributed by atoms with van der Waals surface area (Å²) in [7, 11) is 1.70. The highest BCUT2D eigenvalue weighted by Gasteiger charge is 2.33. The number of halogens is 1. The Kier molecular flexibility index (Phi) is 4.92. The van der Waals surface area contributed by atoms with E-state index in [9.17, 15) is 9.18 Å². The zero-order valence-electron chi connectivity index (χ0n) is 11.4. The summed E-state index contributed by atoms with van der Waals surface area (Å²) in [5.41, 5.74) is 5.81. The monoisotopic (exact) mass is 282 g/mol. The number of likely N-dealkylation sites (N-methyl/N-ethyl adjacent to an activating group) is 1. The number of hydrogen-bond donors (Lipinski definition) is 1. The minimum Gasteiger partial charge on any atom is -0.492 e. The van der Waals surface area contributed by atoms with Crippen LogP contribution in [0.3, 0.4) is 0 Å². The van der Waals surface area contributed by atoms with E-state index in [4.69, 9.17) is 15.2 Å². The summed E-state index contributed by atoms with van der Waals surface area (Å²) in [6, 6.07) is 5.67. The van der Waals surface area contributed by atoms with E-state index in [1.807, 2.05) is 0 Å². The second-order valence-corrected chi connectivity index (χ2v) is 4.87. The van der Waals surface area contributed by atoms with Crippen LogP contribution in [0.25, 0.3) is 0 Å². The van der Waals surface area contributed by atoms with Crippen molar-refractivity contribution >= 4 is 5.91 Å². The molecule has 1 saturated heterocycles. The van der Waals surface area contributed by atoms with Crippen LogP contribution in [0.4, 0.5) is 4.39 Å². The number of hydrogen-bond acceptors (Lipinski definition) is 4. The Bertz CT molecular complexity index is 469. The van der Waals surface area contributed by atoms with Gasteiger partial charge in [-0.25, -0.2) is 4.39 Å². The highest BCUT2D eigenvalue weighted by atomic mass is 19.1. The summed E-state index contributed by atoms with van der Waals surface area (Å²) in [4.78, 5) is 13.7. The van der Waals surface area contributed by atoms with Gasteiger partial charge in [-0.3, -0.25) is 4.79 Å². The third kappa shape index (κ3) is 3.68. The lowest BCUT2D eigenvalue weighted by Gasteiger charge is -2.22. The van der Waals surface area contributed by atoms with Crippen molar-refractivity contribution in [3.63, 3.8) is 0 Å². The van der Waals surface area contributed by atoms with E-state index in [2.05, 4.69) is 0 Å². The van der Waals surface area contributed by atoms with Gasteiger partial charge in [0.2, 0.25) is 5.91 Å². The zero-order chi connectivity index (χ0) is 14.5. The van der Waals surface area contributed by atoms with Gasteiger partial charge in [-0.05, 0) is 12.1 Å². The second-order valence-electron chi connectivity index (χ2n) is 4.87. The van der Waals surface area contributed by atoms with Gasteiger partial charge < -0.3 is 20.1 Å². The van der Waals surface area contributed by atoms with Crippen molar-refractivity contribution in [2.24, 2.45) is 11.7 Å². The van der Waals surface area contributed by atoms with Crippen LogP contribution in [-0.4, -0.2) is 50.3 Å². The molecule has 2 atom stereocenters. The maximum atomic E-state index is 13.0. The minimum atomic E-state index is -0.346. The van der Waals surface area contributed by atoms with Crippen molar-refractivity contribution in [3.05, 3.63) is 30.1 Å². The van der Waals surface area contributed by atoms with Crippen LogP contribution in [0, 0.1) is 11.7 Å². The van der Waals surface area contributed by atoms with Crippen LogP contribution >= 0.6 is 0 Å². The van der Waals surface area contributed by atoms with Crippen LogP contribution in [0.2, 0.25) is 0 Å². The van der Waals surface area contributed by atoms with Crippen molar-refractivity contribution in [2.45, 2.75) is 6.04 Å². The van der Waals surface area contributed by atoms with E-state index in [0.29, 0.717) is 32.1 Å². The molecule has 1 amide bonds. The fourth-order valence-electron chi connectivity index (χ4n) is 2.08. The fraction of sp³-hybridized carbons (Fsp3) is 0.500. The molecule has 0 saturated carbocycles. The highest BCUT2D eigenvalue weighted by molar-refractivity contribution is 5.79. The smallest absolute Gasteiger partial charge is 0.229 e. The summed E-state index contributed by atoms with van der Waals surface area (Å²) in [6.07, 6.45) is 0. The third-order valence-corrected chi connectivity index (χ3v) is 3.31. The SMILES string of the molecule is CN(CCOc1cccc(F)c1)C(=O)C1COCC1N. The summed E-state index contributed by atoms with van der Waals surface area (Å²) in [6.45, 7) is 1.51. The Labute approximate surface area is 117 Å². The van der Waals surface area contributed by atoms with E-state index in [1.54, 1.807) is 24.1 Å². The van der Waals surface area contributed by atoms with E-state index in [-0.39, 0.29) is 23.7 Å². The lowest BCUT2D eigenvalue weighted by molar-refractivity contribution is -0.134. The van der Waals surface area contributed by atoms with Gasteiger partial charge in [0, 0.05) is 19.2 Å². The van der Waals surface area contributed by atoms with Gasteiger partial charge in [-0.15, -0.1) is 0 Å². The Morgan fingerprint density at radius 2 is 2.35 bits per heavy atom. The topological polar surface area (TPSA) is 64.8 Å². The summed E-state index contributed by atoms with van der Waals surface area (Å²) in [5.74, 6) is -0.222. The van der Waals surface area contributed by atoms with Crippen LogP contribution in [0.5, 0.6) is 5.75 Å². The molecule has 0 radical (unpaired) electrons. The molecule has 2 rings (SSSR count). The Balaban J connectivity index is 1.77. The standard InChI is InChI=1S/C14H19FN2O3/c1-17(14(18)12-8-19-9-13(12)16)5-6-20-11-4-2-3-10(15)7-11/h2-4,7,12-13H,5-6,8-9,16H2,1H3. The molecule has 0 aliphatic carbocycles. The molecule has 0 spiro atoms. The van der Waals surface area contributed by atoms with Crippen molar-refractivity contribution in [3.8, 4) is 5.75 Å². The van der Waals surface area contributed by atoms with Crippen molar-refractivity contribution in [1.29, 1.82) is 0 Å². The molecule has 1 aliphatic rings. The van der Waals surface area contributed by atoms with Gasteiger partial charge in [0.15, 0.2) is 0 Å². The zero-order valence-corrected chi connectivity index (χ0v) is 11.4. The van der Waals surface area contributed by atoms with E-state index < -0.39 is 0 Å². The molecule has 1 heterocycles. The van der Waals surface area contributed by atoms with Crippen LogP contribution in [0.1, 0.15) is 0 Å². The molecule has 110 valence electrons. The highest BCUT2D eigenvalue weighted by Crippen LogP contribution is 2.15. The van der Waals surface area contributed by atoms with Crippen molar-refractivity contribution < 1.29 is 18.7 Å². The average Bonchev–Trinajstić information content (AvgIpc) is 2.84. The summed E-state index contributed by atoms with van der Waals surface area (Å²) < 4.78 is 23.5. The molecule has 1 aromatic rings. The predicted molar refractivity (Wildman–Crippen MR) is 71.8 cm³/mol. The lowest BCUT2D eigenvalue weighted by atomic mass is 10.0. The fourth-order valence-corrected chi connectivity index (χ4v) is 2.08. The molecule has 6 heteroatoms. The quantitative estimate of drug-likeness (QED) is 0.860. The molecule has 1 aromatic carbocycles. The lowest BCUT2D eigenvalue weighted by Crippen LogP contribution is -2.43. The van der Waals surface area contributed by atoms with Crippen LogP contribution in [-0.2, 0) is 9.53 Å². The molecule has 2 N–H and O–H groups in total.